The summed E-state index contributed by atoms with van der Waals surface area (Å²) in [6, 6.07) is 0. The Morgan fingerprint density at radius 3 is 2.67 bits per heavy atom. The summed E-state index contributed by atoms with van der Waals surface area (Å²) in [5.41, 5.74) is 1.44. The van der Waals surface area contributed by atoms with E-state index in [2.05, 4.69) is 0 Å². The molecule has 0 aliphatic rings. The highest BCUT2D eigenvalue weighted by Gasteiger charge is 2.03. The van der Waals surface area contributed by atoms with E-state index in [-0.39, 0.29) is 11.7 Å². The molecule has 0 aromatic carbocycles. The lowest BCUT2D eigenvalue weighted by Gasteiger charge is -1.99. The number of carbonyl (C=O) groups is 1. The Balaban J connectivity index is 3.50. The van der Waals surface area contributed by atoms with Crippen molar-refractivity contribution in [1.29, 1.82) is 0 Å². The Bertz CT molecular complexity index is 118. The maximum Gasteiger partial charge on any atom is 0.132 e. The zero-order chi connectivity index (χ0) is 7.28. The van der Waals surface area contributed by atoms with Gasteiger partial charge in [-0.15, -0.1) is 0 Å². The average molecular weight is 147 g/mol. The van der Waals surface area contributed by atoms with Gasteiger partial charge in [0.1, 0.15) is 5.78 Å². The van der Waals surface area contributed by atoms with Gasteiger partial charge in [-0.05, 0) is 13.3 Å². The fourth-order valence-electron chi connectivity index (χ4n) is 0.422. The third kappa shape index (κ3) is 4.22. The molecule has 0 aliphatic carbocycles. The molecule has 0 saturated heterocycles. The largest absolute Gasteiger partial charge is 0.300 e. The summed E-state index contributed by atoms with van der Waals surface area (Å²) in [6.45, 7) is 3.48. The first kappa shape index (κ1) is 8.70. The van der Waals surface area contributed by atoms with E-state index in [0.29, 0.717) is 0 Å². The van der Waals surface area contributed by atoms with Gasteiger partial charge in [0, 0.05) is 11.5 Å². The summed E-state index contributed by atoms with van der Waals surface area (Å²) in [4.78, 5) is 10.6. The maximum atomic E-state index is 10.6. The van der Waals surface area contributed by atoms with Crippen LogP contribution in [0, 0.1) is 5.92 Å². The van der Waals surface area contributed by atoms with E-state index >= 15 is 0 Å². The number of ketones is 1. The van der Waals surface area contributed by atoms with Gasteiger partial charge in [-0.2, -0.15) is 0 Å². The second kappa shape index (κ2) is 4.57. The summed E-state index contributed by atoms with van der Waals surface area (Å²) < 4.78 is 0. The van der Waals surface area contributed by atoms with Crippen molar-refractivity contribution in [3.05, 3.63) is 11.6 Å². The molecule has 0 spiro atoms. The molecule has 0 saturated carbocycles. The standard InChI is InChI=1S/C7H11ClO/c1-6(7(2)9)4-3-5-8/h3,5-6H,4H2,1-2H3/b5-3+. The van der Waals surface area contributed by atoms with Gasteiger partial charge in [-0.25, -0.2) is 0 Å². The van der Waals surface area contributed by atoms with Crippen molar-refractivity contribution >= 4 is 17.4 Å². The van der Waals surface area contributed by atoms with Crippen LogP contribution in [-0.4, -0.2) is 5.78 Å². The smallest absolute Gasteiger partial charge is 0.132 e. The van der Waals surface area contributed by atoms with Crippen LogP contribution in [0.3, 0.4) is 0 Å². The van der Waals surface area contributed by atoms with Crippen LogP contribution in [-0.2, 0) is 4.79 Å². The van der Waals surface area contributed by atoms with Gasteiger partial charge in [0.25, 0.3) is 0 Å². The lowest BCUT2D eigenvalue weighted by molar-refractivity contribution is -0.120. The Kier molecular flexibility index (Phi) is 4.41. The molecule has 52 valence electrons. The van der Waals surface area contributed by atoms with E-state index in [1.165, 1.54) is 5.54 Å². The van der Waals surface area contributed by atoms with Gasteiger partial charge >= 0.3 is 0 Å². The molecular formula is C7H11ClO. The maximum absolute atomic E-state index is 10.6. The molecule has 0 aromatic rings. The predicted molar refractivity (Wildman–Crippen MR) is 39.5 cm³/mol. The number of halogens is 1. The number of hydrogen-bond donors (Lipinski definition) is 0. The van der Waals surface area contributed by atoms with Gasteiger partial charge in [-0.1, -0.05) is 24.6 Å². The number of allylic oxidation sites excluding steroid dienone is 1. The van der Waals surface area contributed by atoms with E-state index in [0.717, 1.165) is 6.42 Å². The van der Waals surface area contributed by atoms with Gasteiger partial charge < -0.3 is 0 Å². The summed E-state index contributed by atoms with van der Waals surface area (Å²) >= 11 is 5.26. The third-order valence-electron chi connectivity index (χ3n) is 1.27. The highest BCUT2D eigenvalue weighted by atomic mass is 35.5. The van der Waals surface area contributed by atoms with Crippen molar-refractivity contribution in [2.45, 2.75) is 20.3 Å². The first-order valence-corrected chi connectivity index (χ1v) is 3.37. The van der Waals surface area contributed by atoms with Crippen molar-refractivity contribution in [2.24, 2.45) is 5.92 Å². The number of hydrogen-bond acceptors (Lipinski definition) is 1. The van der Waals surface area contributed by atoms with Crippen LogP contribution in [0.4, 0.5) is 0 Å². The van der Waals surface area contributed by atoms with Crippen LogP contribution in [0.1, 0.15) is 20.3 Å². The quantitative estimate of drug-likeness (QED) is 0.598. The normalized spacial score (nSPS) is 14.1. The fraction of sp³-hybridized carbons (Fsp3) is 0.571. The molecule has 0 radical (unpaired) electrons. The van der Waals surface area contributed by atoms with E-state index in [1.54, 1.807) is 13.0 Å². The predicted octanol–water partition coefficient (Wildman–Crippen LogP) is 2.35. The van der Waals surface area contributed by atoms with Crippen molar-refractivity contribution in [1.82, 2.24) is 0 Å². The lowest BCUT2D eigenvalue weighted by atomic mass is 10.0. The number of carbonyl (C=O) groups excluding carboxylic acids is 1. The third-order valence-corrected chi connectivity index (χ3v) is 1.45. The van der Waals surface area contributed by atoms with Crippen LogP contribution in [0.5, 0.6) is 0 Å². The van der Waals surface area contributed by atoms with Crippen LogP contribution < -0.4 is 0 Å². The molecule has 0 amide bonds. The Morgan fingerprint density at radius 2 is 2.33 bits per heavy atom. The van der Waals surface area contributed by atoms with Crippen LogP contribution in [0.2, 0.25) is 0 Å². The molecule has 0 aliphatic heterocycles. The van der Waals surface area contributed by atoms with Crippen molar-refractivity contribution in [3.8, 4) is 0 Å². The van der Waals surface area contributed by atoms with Crippen LogP contribution in [0.15, 0.2) is 11.6 Å². The van der Waals surface area contributed by atoms with Crippen LogP contribution >= 0.6 is 11.6 Å². The van der Waals surface area contributed by atoms with Gasteiger partial charge in [-0.3, -0.25) is 4.79 Å². The molecule has 1 unspecified atom stereocenters. The first-order valence-electron chi connectivity index (χ1n) is 2.94. The monoisotopic (exact) mass is 146 g/mol. The number of Topliss-reactive ketones (excluding diaryl/α,β-unsaturated/α-hetero) is 1. The molecule has 0 fully saturated rings. The van der Waals surface area contributed by atoms with E-state index in [9.17, 15) is 4.79 Å². The van der Waals surface area contributed by atoms with Crippen LogP contribution in [0.25, 0.3) is 0 Å². The molecule has 9 heavy (non-hydrogen) atoms. The summed E-state index contributed by atoms with van der Waals surface area (Å²) in [7, 11) is 0. The zero-order valence-electron chi connectivity index (χ0n) is 5.73. The first-order chi connectivity index (χ1) is 4.18. The van der Waals surface area contributed by atoms with E-state index < -0.39 is 0 Å². The second-order valence-electron chi connectivity index (χ2n) is 2.11. The average Bonchev–Trinajstić information content (AvgIpc) is 1.82. The lowest BCUT2D eigenvalue weighted by Crippen LogP contribution is -2.03. The SMILES string of the molecule is CC(=O)C(C)C/C=C/Cl. The minimum Gasteiger partial charge on any atom is -0.300 e. The fourth-order valence-corrected chi connectivity index (χ4v) is 0.524. The minimum absolute atomic E-state index is 0.111. The molecule has 0 aromatic heterocycles. The van der Waals surface area contributed by atoms with Crippen molar-refractivity contribution < 1.29 is 4.79 Å². The molecule has 2 heteroatoms. The van der Waals surface area contributed by atoms with Gasteiger partial charge in [0.05, 0.1) is 0 Å². The Morgan fingerprint density at radius 1 is 1.78 bits per heavy atom. The summed E-state index contributed by atoms with van der Waals surface area (Å²) in [6.07, 6.45) is 2.53. The molecule has 0 heterocycles. The molecular weight excluding hydrogens is 136 g/mol. The molecule has 1 atom stereocenters. The second-order valence-corrected chi connectivity index (χ2v) is 2.36. The molecule has 0 N–H and O–H groups in total. The zero-order valence-corrected chi connectivity index (χ0v) is 6.48. The Labute approximate surface area is 60.7 Å². The molecule has 0 rings (SSSR count). The molecule has 1 nitrogen and oxygen atoms in total. The number of rotatable bonds is 3. The van der Waals surface area contributed by atoms with E-state index in [1.807, 2.05) is 6.92 Å². The van der Waals surface area contributed by atoms with Crippen molar-refractivity contribution in [3.63, 3.8) is 0 Å². The highest BCUT2D eigenvalue weighted by molar-refractivity contribution is 6.25. The topological polar surface area (TPSA) is 17.1 Å². The summed E-state index contributed by atoms with van der Waals surface area (Å²) in [5.74, 6) is 0.324. The molecule has 0 bridgehead atoms. The van der Waals surface area contributed by atoms with Crippen molar-refractivity contribution in [2.75, 3.05) is 0 Å². The minimum atomic E-state index is 0.111. The van der Waals surface area contributed by atoms with Gasteiger partial charge in [0.2, 0.25) is 0 Å². The van der Waals surface area contributed by atoms with Gasteiger partial charge in [0.15, 0.2) is 0 Å². The summed E-state index contributed by atoms with van der Waals surface area (Å²) in [5, 5.41) is 0. The van der Waals surface area contributed by atoms with E-state index in [4.69, 9.17) is 11.6 Å². The highest BCUT2D eigenvalue weighted by Crippen LogP contribution is 2.03. The Hall–Kier alpha value is -0.300.